The topological polar surface area (TPSA) is 62.4 Å². The molecule has 3 atom stereocenters. The van der Waals surface area contributed by atoms with Gasteiger partial charge in [-0.1, -0.05) is 0 Å². The van der Waals surface area contributed by atoms with Crippen LogP contribution in [-0.4, -0.2) is 43.4 Å². The molecule has 0 radical (unpaired) electrons. The summed E-state index contributed by atoms with van der Waals surface area (Å²) in [5.74, 6) is 0.724. The molecule has 1 aliphatic carbocycles. The van der Waals surface area contributed by atoms with E-state index in [4.69, 9.17) is 4.74 Å². The lowest BCUT2D eigenvalue weighted by atomic mass is 9.99. The molecule has 3 N–H and O–H groups in total. The van der Waals surface area contributed by atoms with Crippen molar-refractivity contribution in [2.75, 3.05) is 19.6 Å². The van der Waals surface area contributed by atoms with E-state index in [9.17, 15) is 4.79 Å². The normalized spacial score (nSPS) is 30.1. The monoisotopic (exact) mass is 297 g/mol. The predicted molar refractivity (Wildman–Crippen MR) is 84.4 cm³/mol. The molecule has 2 aliphatic rings. The summed E-state index contributed by atoms with van der Waals surface area (Å²) < 4.78 is 5.35. The minimum Gasteiger partial charge on any atom is -0.444 e. The molecule has 21 heavy (non-hydrogen) atoms. The van der Waals surface area contributed by atoms with Crippen molar-refractivity contribution < 1.29 is 9.53 Å². The summed E-state index contributed by atoms with van der Waals surface area (Å²) in [4.78, 5) is 11.9. The number of nitrogens with one attached hydrogen (secondary N) is 3. The van der Waals surface area contributed by atoms with E-state index in [-0.39, 0.29) is 12.1 Å². The van der Waals surface area contributed by atoms with E-state index in [2.05, 4.69) is 16.0 Å². The van der Waals surface area contributed by atoms with Crippen LogP contribution in [0.2, 0.25) is 0 Å². The molecular weight excluding hydrogens is 266 g/mol. The predicted octanol–water partition coefficient (Wildman–Crippen LogP) is 2.02. The minimum absolute atomic E-state index is 0.205. The summed E-state index contributed by atoms with van der Waals surface area (Å²) in [6, 6.07) is 0.593. The maximum Gasteiger partial charge on any atom is 0.407 e. The summed E-state index contributed by atoms with van der Waals surface area (Å²) in [5.41, 5.74) is -0.431. The fourth-order valence-electron chi connectivity index (χ4n) is 3.25. The first-order valence-electron chi connectivity index (χ1n) is 8.37. The van der Waals surface area contributed by atoms with Crippen LogP contribution in [0.4, 0.5) is 4.79 Å². The lowest BCUT2D eigenvalue weighted by molar-refractivity contribution is 0.0497. The van der Waals surface area contributed by atoms with Gasteiger partial charge in [0.2, 0.25) is 0 Å². The van der Waals surface area contributed by atoms with Crippen LogP contribution >= 0.6 is 0 Å². The van der Waals surface area contributed by atoms with Gasteiger partial charge in [-0.15, -0.1) is 0 Å². The van der Waals surface area contributed by atoms with Gasteiger partial charge >= 0.3 is 6.09 Å². The second-order valence-electron chi connectivity index (χ2n) is 7.41. The number of rotatable bonds is 4. The van der Waals surface area contributed by atoms with Gasteiger partial charge in [0.15, 0.2) is 0 Å². The van der Waals surface area contributed by atoms with Gasteiger partial charge in [-0.25, -0.2) is 4.79 Å². The third-order valence-corrected chi connectivity index (χ3v) is 4.29. The summed E-state index contributed by atoms with van der Waals surface area (Å²) in [5, 5.41) is 10.1. The van der Waals surface area contributed by atoms with Gasteiger partial charge in [-0.2, -0.15) is 0 Å². The number of piperidine rings is 1. The van der Waals surface area contributed by atoms with E-state index < -0.39 is 5.60 Å². The Hall–Kier alpha value is -0.810. The maximum absolute atomic E-state index is 11.9. The van der Waals surface area contributed by atoms with E-state index in [1.807, 2.05) is 20.8 Å². The molecule has 0 spiro atoms. The zero-order valence-corrected chi connectivity index (χ0v) is 13.7. The van der Waals surface area contributed by atoms with Crippen molar-refractivity contribution in [2.24, 2.45) is 5.92 Å². The van der Waals surface area contributed by atoms with Crippen LogP contribution in [0.15, 0.2) is 0 Å². The number of hydrogen-bond acceptors (Lipinski definition) is 4. The van der Waals surface area contributed by atoms with Gasteiger partial charge in [0.05, 0.1) is 0 Å². The molecule has 1 saturated carbocycles. The molecule has 1 heterocycles. The van der Waals surface area contributed by atoms with E-state index in [0.717, 1.165) is 38.4 Å². The van der Waals surface area contributed by atoms with Crippen molar-refractivity contribution in [3.63, 3.8) is 0 Å². The largest absolute Gasteiger partial charge is 0.444 e. The van der Waals surface area contributed by atoms with E-state index in [1.165, 1.54) is 19.3 Å². The number of carbonyl (C=O) groups excluding carboxylic acids is 1. The molecule has 0 aromatic carbocycles. The number of amides is 1. The van der Waals surface area contributed by atoms with Gasteiger partial charge in [-0.05, 0) is 78.4 Å². The molecule has 1 aliphatic heterocycles. The van der Waals surface area contributed by atoms with Crippen molar-refractivity contribution in [1.29, 1.82) is 0 Å². The van der Waals surface area contributed by atoms with Gasteiger partial charge in [0.1, 0.15) is 5.60 Å². The molecule has 1 saturated heterocycles. The average molecular weight is 297 g/mol. The molecule has 5 nitrogen and oxygen atoms in total. The van der Waals surface area contributed by atoms with Crippen molar-refractivity contribution in [3.8, 4) is 0 Å². The smallest absolute Gasteiger partial charge is 0.407 e. The number of hydrogen-bond donors (Lipinski definition) is 3. The fraction of sp³-hybridized carbons (Fsp3) is 0.938. The first-order valence-corrected chi connectivity index (χ1v) is 8.37. The lowest BCUT2D eigenvalue weighted by Crippen LogP contribution is -2.49. The van der Waals surface area contributed by atoms with Crippen LogP contribution in [0.3, 0.4) is 0 Å². The Bertz CT molecular complexity index is 335. The van der Waals surface area contributed by atoms with Crippen molar-refractivity contribution in [3.05, 3.63) is 0 Å². The Kier molecular flexibility index (Phi) is 5.88. The van der Waals surface area contributed by atoms with Crippen LogP contribution in [-0.2, 0) is 4.74 Å². The molecule has 3 unspecified atom stereocenters. The third-order valence-electron chi connectivity index (χ3n) is 4.29. The van der Waals surface area contributed by atoms with Gasteiger partial charge in [0.25, 0.3) is 0 Å². The average Bonchev–Trinajstić information content (AvgIpc) is 2.82. The van der Waals surface area contributed by atoms with Crippen LogP contribution < -0.4 is 16.0 Å². The molecular formula is C16H31N3O2. The van der Waals surface area contributed by atoms with E-state index in [0.29, 0.717) is 6.04 Å². The van der Waals surface area contributed by atoms with Gasteiger partial charge < -0.3 is 20.7 Å². The lowest BCUT2D eigenvalue weighted by Gasteiger charge is -2.28. The standard InChI is InChI=1S/C16H31N3O2/c1-16(2,3)21-15(20)19-14-8-4-7-13(14)18-11-12-6-5-9-17-10-12/h12-14,17-18H,4-11H2,1-3H3,(H,19,20). The van der Waals surface area contributed by atoms with Gasteiger partial charge in [-0.3, -0.25) is 0 Å². The molecule has 0 aromatic rings. The summed E-state index contributed by atoms with van der Waals surface area (Å²) >= 11 is 0. The zero-order chi connectivity index (χ0) is 15.3. The third kappa shape index (κ3) is 5.83. The second kappa shape index (κ2) is 7.45. The Labute approximate surface area is 128 Å². The van der Waals surface area contributed by atoms with Gasteiger partial charge in [0, 0.05) is 12.1 Å². The van der Waals surface area contributed by atoms with Crippen LogP contribution in [0, 0.1) is 5.92 Å². The molecule has 1 amide bonds. The molecule has 2 rings (SSSR count). The van der Waals surface area contributed by atoms with Crippen molar-refractivity contribution >= 4 is 6.09 Å². The highest BCUT2D eigenvalue weighted by Crippen LogP contribution is 2.20. The van der Waals surface area contributed by atoms with Crippen LogP contribution in [0.5, 0.6) is 0 Å². The fourth-order valence-corrected chi connectivity index (χ4v) is 3.25. The Morgan fingerprint density at radius 1 is 1.19 bits per heavy atom. The quantitative estimate of drug-likeness (QED) is 0.743. The molecule has 2 fully saturated rings. The molecule has 0 bridgehead atoms. The highest BCUT2D eigenvalue weighted by molar-refractivity contribution is 5.68. The van der Waals surface area contributed by atoms with Crippen LogP contribution in [0.1, 0.15) is 52.9 Å². The first kappa shape index (κ1) is 16.6. The summed E-state index contributed by atoms with van der Waals surface area (Å²) in [7, 11) is 0. The Morgan fingerprint density at radius 3 is 2.62 bits per heavy atom. The Morgan fingerprint density at radius 2 is 1.95 bits per heavy atom. The summed E-state index contributed by atoms with van der Waals surface area (Å²) in [6.07, 6.45) is 5.63. The van der Waals surface area contributed by atoms with E-state index in [1.54, 1.807) is 0 Å². The number of carbonyl (C=O) groups is 1. The second-order valence-corrected chi connectivity index (χ2v) is 7.41. The molecule has 122 valence electrons. The highest BCUT2D eigenvalue weighted by atomic mass is 16.6. The molecule has 5 heteroatoms. The van der Waals surface area contributed by atoms with Crippen LogP contribution in [0.25, 0.3) is 0 Å². The SMILES string of the molecule is CC(C)(C)OC(=O)NC1CCCC1NCC1CCCNC1. The number of ether oxygens (including phenoxy) is 1. The van der Waals surface area contributed by atoms with Crippen molar-refractivity contribution in [2.45, 2.75) is 70.6 Å². The summed E-state index contributed by atoms with van der Waals surface area (Å²) in [6.45, 7) is 9.00. The minimum atomic E-state index is -0.431. The zero-order valence-electron chi connectivity index (χ0n) is 13.7. The first-order chi connectivity index (χ1) is 9.94. The molecule has 0 aromatic heterocycles. The Balaban J connectivity index is 1.73. The van der Waals surface area contributed by atoms with Crippen molar-refractivity contribution in [1.82, 2.24) is 16.0 Å². The maximum atomic E-state index is 11.9. The highest BCUT2D eigenvalue weighted by Gasteiger charge is 2.30. The number of alkyl carbamates (subject to hydrolysis) is 1. The van der Waals surface area contributed by atoms with E-state index >= 15 is 0 Å².